The summed E-state index contributed by atoms with van der Waals surface area (Å²) in [6.07, 6.45) is 0. The van der Waals surface area contributed by atoms with Gasteiger partial charge in [0.2, 0.25) is 0 Å². The number of carbonyl (C=O) groups excluding carboxylic acids is 1. The Morgan fingerprint density at radius 2 is 1.95 bits per heavy atom. The number of benzene rings is 2. The molecule has 0 atom stereocenters. The first kappa shape index (κ1) is 15.5. The van der Waals surface area contributed by atoms with Crippen molar-refractivity contribution in [2.75, 3.05) is 13.7 Å². The summed E-state index contributed by atoms with van der Waals surface area (Å²) in [4.78, 5) is 12.5. The Labute approximate surface area is 130 Å². The van der Waals surface area contributed by atoms with Crippen molar-refractivity contribution in [2.45, 2.75) is 6.92 Å². The van der Waals surface area contributed by atoms with Gasteiger partial charge >= 0.3 is 0 Å². The Bertz CT molecular complexity index is 671. The van der Waals surface area contributed by atoms with Gasteiger partial charge < -0.3 is 9.47 Å². The summed E-state index contributed by atoms with van der Waals surface area (Å²) < 4.78 is 25.1. The maximum atomic E-state index is 14.0. The molecule has 3 nitrogen and oxygen atoms in total. The Morgan fingerprint density at radius 1 is 1.19 bits per heavy atom. The maximum absolute atomic E-state index is 14.0. The molecule has 0 saturated heterocycles. The molecule has 2 aromatic carbocycles. The van der Waals surface area contributed by atoms with E-state index in [1.165, 1.54) is 19.2 Å². The van der Waals surface area contributed by atoms with E-state index in [0.717, 1.165) is 4.47 Å². The fourth-order valence-electron chi connectivity index (χ4n) is 1.91. The van der Waals surface area contributed by atoms with Crippen molar-refractivity contribution in [1.29, 1.82) is 0 Å². The van der Waals surface area contributed by atoms with Gasteiger partial charge in [0, 0.05) is 10.5 Å². The largest absolute Gasteiger partial charge is 0.497 e. The standard InChI is InChI=1S/C16H14BrFO3/c1-3-21-15-7-4-10(17)8-13(15)16(19)12-6-5-11(20-2)9-14(12)18/h4-9H,3H2,1-2H3. The molecule has 0 bridgehead atoms. The van der Waals surface area contributed by atoms with E-state index in [9.17, 15) is 9.18 Å². The van der Waals surface area contributed by atoms with Crippen LogP contribution >= 0.6 is 15.9 Å². The number of rotatable bonds is 5. The van der Waals surface area contributed by atoms with Crippen LogP contribution in [-0.4, -0.2) is 19.5 Å². The van der Waals surface area contributed by atoms with Gasteiger partial charge in [-0.15, -0.1) is 0 Å². The van der Waals surface area contributed by atoms with E-state index in [-0.39, 0.29) is 5.56 Å². The molecule has 0 aliphatic rings. The van der Waals surface area contributed by atoms with Crippen molar-refractivity contribution in [3.63, 3.8) is 0 Å². The van der Waals surface area contributed by atoms with Gasteiger partial charge in [-0.1, -0.05) is 15.9 Å². The van der Waals surface area contributed by atoms with Crippen molar-refractivity contribution in [2.24, 2.45) is 0 Å². The van der Waals surface area contributed by atoms with E-state index in [1.54, 1.807) is 24.3 Å². The predicted octanol–water partition coefficient (Wildman–Crippen LogP) is 4.23. The third-order valence-corrected chi connectivity index (χ3v) is 3.40. The van der Waals surface area contributed by atoms with Crippen LogP contribution in [0.15, 0.2) is 40.9 Å². The molecule has 2 aromatic rings. The minimum absolute atomic E-state index is 0.0187. The van der Waals surface area contributed by atoms with Crippen molar-refractivity contribution in [1.82, 2.24) is 0 Å². The average molecular weight is 353 g/mol. The van der Waals surface area contributed by atoms with Gasteiger partial charge in [-0.2, -0.15) is 0 Å². The number of carbonyl (C=O) groups is 1. The zero-order chi connectivity index (χ0) is 15.4. The highest BCUT2D eigenvalue weighted by molar-refractivity contribution is 9.10. The quantitative estimate of drug-likeness (QED) is 0.755. The molecule has 2 rings (SSSR count). The summed E-state index contributed by atoms with van der Waals surface area (Å²) in [7, 11) is 1.44. The first-order valence-corrected chi connectivity index (χ1v) is 7.16. The molecule has 5 heteroatoms. The van der Waals surface area contributed by atoms with Crippen LogP contribution in [0.1, 0.15) is 22.8 Å². The summed E-state index contributed by atoms with van der Waals surface area (Å²) in [5.41, 5.74) is 0.296. The molecule has 0 aliphatic heterocycles. The molecule has 21 heavy (non-hydrogen) atoms. The molecule has 0 heterocycles. The fourth-order valence-corrected chi connectivity index (χ4v) is 2.27. The van der Waals surface area contributed by atoms with Crippen LogP contribution in [0, 0.1) is 5.82 Å². The summed E-state index contributed by atoms with van der Waals surface area (Å²) in [5.74, 6) is -0.258. The molecule has 0 saturated carbocycles. The summed E-state index contributed by atoms with van der Waals surface area (Å²) in [6, 6.07) is 9.22. The van der Waals surface area contributed by atoms with E-state index in [4.69, 9.17) is 9.47 Å². The number of methoxy groups -OCH3 is 1. The lowest BCUT2D eigenvalue weighted by Crippen LogP contribution is -2.07. The Balaban J connectivity index is 2.46. The molecule has 110 valence electrons. The van der Waals surface area contributed by atoms with E-state index in [2.05, 4.69) is 15.9 Å². The fraction of sp³-hybridized carbons (Fsp3) is 0.188. The van der Waals surface area contributed by atoms with E-state index in [1.807, 2.05) is 6.92 Å². The molecular formula is C16H14BrFO3. The third-order valence-electron chi connectivity index (χ3n) is 2.91. The molecule has 0 amide bonds. The third kappa shape index (κ3) is 3.42. The van der Waals surface area contributed by atoms with Crippen molar-refractivity contribution >= 4 is 21.7 Å². The highest BCUT2D eigenvalue weighted by atomic mass is 79.9. The Kier molecular flexibility index (Phi) is 4.96. The molecular weight excluding hydrogens is 339 g/mol. The minimum Gasteiger partial charge on any atom is -0.497 e. The van der Waals surface area contributed by atoms with Crippen LogP contribution in [0.4, 0.5) is 4.39 Å². The van der Waals surface area contributed by atoms with Gasteiger partial charge in [-0.05, 0) is 37.3 Å². The number of ether oxygens (including phenoxy) is 2. The normalized spacial score (nSPS) is 10.3. The molecule has 0 unspecified atom stereocenters. The lowest BCUT2D eigenvalue weighted by atomic mass is 10.0. The van der Waals surface area contributed by atoms with Gasteiger partial charge in [0.15, 0.2) is 5.78 Å². The SMILES string of the molecule is CCOc1ccc(Br)cc1C(=O)c1ccc(OC)cc1F. The highest BCUT2D eigenvalue weighted by Crippen LogP contribution is 2.27. The van der Waals surface area contributed by atoms with Crippen LogP contribution in [0.3, 0.4) is 0 Å². The minimum atomic E-state index is -0.623. The molecule has 0 aromatic heterocycles. The van der Waals surface area contributed by atoms with Gasteiger partial charge in [0.05, 0.1) is 24.8 Å². The number of hydrogen-bond acceptors (Lipinski definition) is 3. The maximum Gasteiger partial charge on any atom is 0.199 e. The smallest absolute Gasteiger partial charge is 0.199 e. The molecule has 0 fully saturated rings. The molecule has 0 radical (unpaired) electrons. The van der Waals surface area contributed by atoms with Crippen LogP contribution in [0.25, 0.3) is 0 Å². The highest BCUT2D eigenvalue weighted by Gasteiger charge is 2.19. The predicted molar refractivity (Wildman–Crippen MR) is 81.7 cm³/mol. The second kappa shape index (κ2) is 6.72. The number of ketones is 1. The molecule has 0 N–H and O–H groups in total. The lowest BCUT2D eigenvalue weighted by molar-refractivity contribution is 0.103. The van der Waals surface area contributed by atoms with Crippen molar-refractivity contribution in [3.8, 4) is 11.5 Å². The molecule has 0 aliphatic carbocycles. The Morgan fingerprint density at radius 3 is 2.57 bits per heavy atom. The van der Waals surface area contributed by atoms with E-state index in [0.29, 0.717) is 23.7 Å². The van der Waals surface area contributed by atoms with Crippen molar-refractivity contribution in [3.05, 3.63) is 57.8 Å². The zero-order valence-corrected chi connectivity index (χ0v) is 13.2. The summed E-state index contributed by atoms with van der Waals surface area (Å²) >= 11 is 3.31. The van der Waals surface area contributed by atoms with Crippen LogP contribution in [0.2, 0.25) is 0 Å². The van der Waals surface area contributed by atoms with Gasteiger partial charge in [-0.25, -0.2) is 4.39 Å². The van der Waals surface area contributed by atoms with Gasteiger partial charge in [-0.3, -0.25) is 4.79 Å². The molecule has 0 spiro atoms. The first-order valence-electron chi connectivity index (χ1n) is 6.37. The summed E-state index contributed by atoms with van der Waals surface area (Å²) in [6.45, 7) is 2.25. The van der Waals surface area contributed by atoms with Crippen LogP contribution in [0.5, 0.6) is 11.5 Å². The Hall–Kier alpha value is -1.88. The van der Waals surface area contributed by atoms with Crippen LogP contribution < -0.4 is 9.47 Å². The number of halogens is 2. The van der Waals surface area contributed by atoms with Crippen molar-refractivity contribution < 1.29 is 18.7 Å². The van der Waals surface area contributed by atoms with Gasteiger partial charge in [0.1, 0.15) is 17.3 Å². The average Bonchev–Trinajstić information content (AvgIpc) is 2.48. The monoisotopic (exact) mass is 352 g/mol. The topological polar surface area (TPSA) is 35.5 Å². The second-order valence-electron chi connectivity index (χ2n) is 4.25. The second-order valence-corrected chi connectivity index (χ2v) is 5.16. The van der Waals surface area contributed by atoms with Gasteiger partial charge in [0.25, 0.3) is 0 Å². The van der Waals surface area contributed by atoms with Crippen LogP contribution in [-0.2, 0) is 0 Å². The zero-order valence-electron chi connectivity index (χ0n) is 11.7. The number of hydrogen-bond donors (Lipinski definition) is 0. The summed E-state index contributed by atoms with van der Waals surface area (Å²) in [5, 5.41) is 0. The van der Waals surface area contributed by atoms with E-state index >= 15 is 0 Å². The first-order chi connectivity index (χ1) is 10.1. The van der Waals surface area contributed by atoms with E-state index < -0.39 is 11.6 Å². The lowest BCUT2D eigenvalue weighted by Gasteiger charge is -2.11.